The number of fused-ring (bicyclic) bond motifs is 2. The first-order valence-corrected chi connectivity index (χ1v) is 9.60. The van der Waals surface area contributed by atoms with Crippen LogP contribution in [0.3, 0.4) is 0 Å². The number of carbonyl (C=O) groups excluding carboxylic acids is 1. The number of amides is 1. The van der Waals surface area contributed by atoms with E-state index in [1.54, 1.807) is 4.52 Å². The second kappa shape index (κ2) is 6.87. The van der Waals surface area contributed by atoms with Gasteiger partial charge in [0.05, 0.1) is 6.61 Å². The van der Waals surface area contributed by atoms with Gasteiger partial charge in [-0.2, -0.15) is 4.52 Å². The normalized spacial score (nSPS) is 19.3. The van der Waals surface area contributed by atoms with E-state index in [1.165, 1.54) is 5.56 Å². The Morgan fingerprint density at radius 2 is 2.07 bits per heavy atom. The molecule has 1 unspecified atom stereocenters. The van der Waals surface area contributed by atoms with Crippen molar-refractivity contribution in [2.75, 3.05) is 31.1 Å². The minimum absolute atomic E-state index is 0.0507. The first-order chi connectivity index (χ1) is 13.7. The predicted octanol–water partition coefficient (Wildman–Crippen LogP) is 1.30. The van der Waals surface area contributed by atoms with Crippen molar-refractivity contribution >= 4 is 17.4 Å². The Morgan fingerprint density at radius 1 is 1.21 bits per heavy atom. The molecule has 1 aromatic carbocycles. The SMILES string of the molecule is Cc1nnc2ccc(N3CC(CNC(=O)C4OCCc5ccccc54)C3)nn12. The van der Waals surface area contributed by atoms with Gasteiger partial charge in [0.2, 0.25) is 0 Å². The number of rotatable bonds is 4. The Hall–Kier alpha value is -3.00. The van der Waals surface area contributed by atoms with E-state index in [2.05, 4.69) is 31.6 Å². The maximum atomic E-state index is 12.6. The van der Waals surface area contributed by atoms with Crippen molar-refractivity contribution in [1.82, 2.24) is 25.1 Å². The van der Waals surface area contributed by atoms with Gasteiger partial charge in [-0.05, 0) is 36.6 Å². The maximum absolute atomic E-state index is 12.6. The van der Waals surface area contributed by atoms with E-state index in [9.17, 15) is 4.79 Å². The van der Waals surface area contributed by atoms with Crippen molar-refractivity contribution < 1.29 is 9.53 Å². The van der Waals surface area contributed by atoms with Gasteiger partial charge >= 0.3 is 0 Å². The van der Waals surface area contributed by atoms with E-state index < -0.39 is 6.10 Å². The quantitative estimate of drug-likeness (QED) is 0.737. The van der Waals surface area contributed by atoms with Gasteiger partial charge in [-0.1, -0.05) is 24.3 Å². The number of aromatic nitrogens is 4. The van der Waals surface area contributed by atoms with Gasteiger partial charge in [0, 0.05) is 25.6 Å². The Balaban J connectivity index is 1.17. The van der Waals surface area contributed by atoms with Gasteiger partial charge < -0.3 is 15.0 Å². The summed E-state index contributed by atoms with van der Waals surface area (Å²) in [5.41, 5.74) is 2.94. The lowest BCUT2D eigenvalue weighted by Crippen LogP contribution is -2.52. The summed E-state index contributed by atoms with van der Waals surface area (Å²) in [6.07, 6.45) is 0.364. The zero-order chi connectivity index (χ0) is 19.1. The number of hydrogen-bond acceptors (Lipinski definition) is 6. The molecule has 0 spiro atoms. The Morgan fingerprint density at radius 3 is 2.96 bits per heavy atom. The summed E-state index contributed by atoms with van der Waals surface area (Å²) in [6, 6.07) is 11.9. The van der Waals surface area contributed by atoms with Crippen LogP contribution >= 0.6 is 0 Å². The van der Waals surface area contributed by atoms with Crippen molar-refractivity contribution in [3.8, 4) is 0 Å². The molecule has 0 radical (unpaired) electrons. The van der Waals surface area contributed by atoms with Crippen LogP contribution in [-0.2, 0) is 16.0 Å². The number of hydrogen-bond donors (Lipinski definition) is 1. The zero-order valence-electron chi connectivity index (χ0n) is 15.7. The fourth-order valence-corrected chi connectivity index (χ4v) is 3.89. The minimum Gasteiger partial charge on any atom is -0.363 e. The van der Waals surface area contributed by atoms with Crippen LogP contribution in [0.1, 0.15) is 23.1 Å². The maximum Gasteiger partial charge on any atom is 0.253 e. The fraction of sp³-hybridized carbons (Fsp3) is 0.400. The number of ether oxygens (including phenoxy) is 1. The van der Waals surface area contributed by atoms with E-state index in [4.69, 9.17) is 4.74 Å². The lowest BCUT2D eigenvalue weighted by atomic mass is 9.96. The third kappa shape index (κ3) is 2.99. The summed E-state index contributed by atoms with van der Waals surface area (Å²) in [6.45, 7) is 4.84. The highest BCUT2D eigenvalue weighted by molar-refractivity contribution is 5.82. The van der Waals surface area contributed by atoms with Gasteiger partial charge in [0.15, 0.2) is 17.6 Å². The zero-order valence-corrected chi connectivity index (χ0v) is 15.7. The average Bonchev–Trinajstić information content (AvgIpc) is 3.06. The molecule has 28 heavy (non-hydrogen) atoms. The number of benzene rings is 1. The van der Waals surface area contributed by atoms with E-state index >= 15 is 0 Å². The number of carbonyl (C=O) groups is 1. The third-order valence-electron chi connectivity index (χ3n) is 5.48. The Bertz CT molecular complexity index is 1030. The highest BCUT2D eigenvalue weighted by Crippen LogP contribution is 2.27. The number of nitrogens with one attached hydrogen (secondary N) is 1. The molecule has 8 nitrogen and oxygen atoms in total. The van der Waals surface area contributed by atoms with Gasteiger partial charge in [-0.3, -0.25) is 4.79 Å². The van der Waals surface area contributed by atoms with E-state index in [0.29, 0.717) is 19.1 Å². The molecule has 1 amide bonds. The first-order valence-electron chi connectivity index (χ1n) is 9.60. The summed E-state index contributed by atoms with van der Waals surface area (Å²) in [5, 5.41) is 15.8. The molecule has 2 aliphatic heterocycles. The minimum atomic E-state index is -0.498. The molecule has 1 atom stereocenters. The molecule has 1 saturated heterocycles. The van der Waals surface area contributed by atoms with Crippen LogP contribution in [0.4, 0.5) is 5.82 Å². The van der Waals surface area contributed by atoms with Crippen molar-refractivity contribution in [3.63, 3.8) is 0 Å². The Kier molecular flexibility index (Phi) is 4.20. The van der Waals surface area contributed by atoms with Crippen LogP contribution in [0.5, 0.6) is 0 Å². The third-order valence-corrected chi connectivity index (χ3v) is 5.48. The molecule has 0 aliphatic carbocycles. The van der Waals surface area contributed by atoms with E-state index in [0.717, 1.165) is 42.4 Å². The van der Waals surface area contributed by atoms with Crippen molar-refractivity contribution in [2.24, 2.45) is 5.92 Å². The average molecular weight is 378 g/mol. The number of aryl methyl sites for hydroxylation is 1. The molecule has 0 saturated carbocycles. The summed E-state index contributed by atoms with van der Waals surface area (Å²) in [5.74, 6) is 2.03. The predicted molar refractivity (Wildman–Crippen MR) is 103 cm³/mol. The standard InChI is InChI=1S/C20H22N6O2/c1-13-22-23-17-6-7-18(24-26(13)17)25-11-14(12-25)10-21-20(27)19-16-5-3-2-4-15(16)8-9-28-19/h2-7,14,19H,8-12H2,1H3,(H,21,27). The first kappa shape index (κ1) is 17.1. The van der Waals surface area contributed by atoms with Crippen LogP contribution in [0.15, 0.2) is 36.4 Å². The highest BCUT2D eigenvalue weighted by atomic mass is 16.5. The summed E-state index contributed by atoms with van der Waals surface area (Å²) in [7, 11) is 0. The van der Waals surface area contributed by atoms with Crippen molar-refractivity contribution in [2.45, 2.75) is 19.4 Å². The lowest BCUT2D eigenvalue weighted by molar-refractivity contribution is -0.134. The molecule has 2 aromatic heterocycles. The van der Waals surface area contributed by atoms with Crippen molar-refractivity contribution in [3.05, 3.63) is 53.3 Å². The largest absolute Gasteiger partial charge is 0.363 e. The van der Waals surface area contributed by atoms with Gasteiger partial charge in [-0.25, -0.2) is 0 Å². The second-order valence-corrected chi connectivity index (χ2v) is 7.42. The van der Waals surface area contributed by atoms with E-state index in [1.807, 2.05) is 37.3 Å². The molecular weight excluding hydrogens is 356 g/mol. The van der Waals surface area contributed by atoms with Crippen LogP contribution < -0.4 is 10.2 Å². The van der Waals surface area contributed by atoms with Gasteiger partial charge in [0.25, 0.3) is 5.91 Å². The number of anilines is 1. The lowest BCUT2D eigenvalue weighted by Gasteiger charge is -2.40. The molecule has 0 bridgehead atoms. The Labute approximate surface area is 162 Å². The number of nitrogens with zero attached hydrogens (tertiary/aromatic N) is 5. The summed E-state index contributed by atoms with van der Waals surface area (Å²) < 4.78 is 7.49. The molecule has 5 rings (SSSR count). The van der Waals surface area contributed by atoms with E-state index in [-0.39, 0.29) is 5.91 Å². The second-order valence-electron chi connectivity index (χ2n) is 7.42. The molecule has 1 fully saturated rings. The van der Waals surface area contributed by atoms with Crippen molar-refractivity contribution in [1.29, 1.82) is 0 Å². The molecular formula is C20H22N6O2. The van der Waals surface area contributed by atoms with Crippen LogP contribution in [0, 0.1) is 12.8 Å². The summed E-state index contributed by atoms with van der Waals surface area (Å²) in [4.78, 5) is 14.8. The molecule has 2 aliphatic rings. The van der Waals surface area contributed by atoms with Crippen LogP contribution in [0.2, 0.25) is 0 Å². The molecule has 4 heterocycles. The smallest absolute Gasteiger partial charge is 0.253 e. The molecule has 3 aromatic rings. The monoisotopic (exact) mass is 378 g/mol. The molecule has 1 N–H and O–H groups in total. The highest BCUT2D eigenvalue weighted by Gasteiger charge is 2.31. The fourth-order valence-electron chi connectivity index (χ4n) is 3.89. The summed E-state index contributed by atoms with van der Waals surface area (Å²) >= 11 is 0. The van der Waals surface area contributed by atoms with Gasteiger partial charge in [0.1, 0.15) is 5.82 Å². The molecule has 8 heteroatoms. The van der Waals surface area contributed by atoms with Crippen LogP contribution in [0.25, 0.3) is 5.65 Å². The molecule has 144 valence electrons. The van der Waals surface area contributed by atoms with Gasteiger partial charge in [-0.15, -0.1) is 15.3 Å². The van der Waals surface area contributed by atoms with Crippen LogP contribution in [-0.4, -0.2) is 52.0 Å². The topological polar surface area (TPSA) is 84.7 Å².